The number of carbonyl (C=O) groups is 3. The Morgan fingerprint density at radius 1 is 1.26 bits per heavy atom. The number of aromatic nitrogens is 1. The Hall–Kier alpha value is -3.26. The van der Waals surface area contributed by atoms with E-state index in [9.17, 15) is 14.4 Å². The first-order chi connectivity index (χ1) is 15.0. The van der Waals surface area contributed by atoms with E-state index in [1.165, 1.54) is 0 Å². The molecule has 1 aliphatic rings. The Balaban J connectivity index is 1.50. The Labute approximate surface area is 184 Å². The molecule has 0 aliphatic carbocycles. The van der Waals surface area contributed by atoms with Gasteiger partial charge in [0.25, 0.3) is 0 Å². The summed E-state index contributed by atoms with van der Waals surface area (Å²) in [4.78, 5) is 44.2. The summed E-state index contributed by atoms with van der Waals surface area (Å²) in [7, 11) is 0. The number of anilines is 1. The second-order valence-corrected chi connectivity index (χ2v) is 8.63. The van der Waals surface area contributed by atoms with E-state index in [-0.39, 0.29) is 31.4 Å². The highest BCUT2D eigenvalue weighted by Crippen LogP contribution is 2.30. The number of hydrogen-bond acceptors (Lipinski definition) is 6. The van der Waals surface area contributed by atoms with Crippen molar-refractivity contribution in [2.75, 3.05) is 18.1 Å². The van der Waals surface area contributed by atoms with Gasteiger partial charge in [-0.2, -0.15) is 0 Å². The highest BCUT2D eigenvalue weighted by Gasteiger charge is 2.37. The number of benzene rings is 2. The summed E-state index contributed by atoms with van der Waals surface area (Å²) in [6.45, 7) is 4.13. The minimum atomic E-state index is -0.910. The molecule has 7 nitrogen and oxygen atoms in total. The zero-order valence-corrected chi connectivity index (χ0v) is 18.1. The highest BCUT2D eigenvalue weighted by atomic mass is 32.1. The number of hydrogen-bond donors (Lipinski definition) is 1. The van der Waals surface area contributed by atoms with Crippen molar-refractivity contribution in [3.05, 3.63) is 59.1 Å². The number of aryl methyl sites for hydroxylation is 1. The first-order valence-electron chi connectivity index (χ1n) is 10.2. The van der Waals surface area contributed by atoms with Crippen LogP contribution in [0.3, 0.4) is 0 Å². The van der Waals surface area contributed by atoms with Gasteiger partial charge in [0.05, 0.1) is 27.7 Å². The van der Waals surface area contributed by atoms with Gasteiger partial charge in [0.15, 0.2) is 6.04 Å². The molecule has 0 bridgehead atoms. The third-order valence-electron chi connectivity index (χ3n) is 5.23. The van der Waals surface area contributed by atoms with Crippen LogP contribution in [-0.2, 0) is 19.1 Å². The molecule has 8 heteroatoms. The Bertz CT molecular complexity index is 1130. The van der Waals surface area contributed by atoms with E-state index in [4.69, 9.17) is 4.74 Å². The number of amides is 2. The van der Waals surface area contributed by atoms with Crippen LogP contribution in [-0.4, -0.2) is 35.9 Å². The molecule has 160 valence electrons. The second kappa shape index (κ2) is 8.85. The molecule has 0 saturated carbocycles. The zero-order chi connectivity index (χ0) is 22.0. The van der Waals surface area contributed by atoms with Crippen molar-refractivity contribution in [3.8, 4) is 0 Å². The molecule has 2 heterocycles. The predicted molar refractivity (Wildman–Crippen MR) is 119 cm³/mol. The van der Waals surface area contributed by atoms with Crippen LogP contribution < -0.4 is 10.2 Å². The van der Waals surface area contributed by atoms with Crippen LogP contribution in [0.5, 0.6) is 0 Å². The van der Waals surface area contributed by atoms with Crippen LogP contribution in [0.2, 0.25) is 0 Å². The fraction of sp³-hybridized carbons (Fsp3) is 0.304. The molecule has 3 aromatic rings. The standard InChI is InChI=1S/C23H23N3O4S/c1-3-30-23(29)21(15-7-5-4-6-8-15)25-22(28)16-11-20(27)26(13-16)17-9-10-19-18(12-17)24-14(2)31-19/h4-10,12,16,21H,3,11,13H2,1-2H3,(H,25,28). The average molecular weight is 438 g/mol. The number of thiazole rings is 1. The molecule has 1 aliphatic heterocycles. The number of ether oxygens (including phenoxy) is 1. The number of nitrogens with one attached hydrogen (secondary N) is 1. The van der Waals surface area contributed by atoms with Gasteiger partial charge in [0.2, 0.25) is 11.8 Å². The van der Waals surface area contributed by atoms with Gasteiger partial charge in [-0.25, -0.2) is 9.78 Å². The van der Waals surface area contributed by atoms with Crippen molar-refractivity contribution in [1.29, 1.82) is 0 Å². The topological polar surface area (TPSA) is 88.6 Å². The molecule has 4 rings (SSSR count). The SMILES string of the molecule is CCOC(=O)C(NC(=O)C1CC(=O)N(c2ccc3sc(C)nc3c2)C1)c1ccccc1. The summed E-state index contributed by atoms with van der Waals surface area (Å²) in [5, 5.41) is 3.74. The number of nitrogens with zero attached hydrogens (tertiary/aromatic N) is 2. The molecule has 2 aromatic carbocycles. The molecule has 1 N–H and O–H groups in total. The number of carbonyl (C=O) groups excluding carboxylic acids is 3. The van der Waals surface area contributed by atoms with Crippen LogP contribution in [0.1, 0.15) is 30.0 Å². The molecule has 1 saturated heterocycles. The van der Waals surface area contributed by atoms with E-state index >= 15 is 0 Å². The van der Waals surface area contributed by atoms with Gasteiger partial charge >= 0.3 is 5.97 Å². The maximum Gasteiger partial charge on any atom is 0.333 e. The molecular weight excluding hydrogens is 414 g/mol. The lowest BCUT2D eigenvalue weighted by atomic mass is 10.0. The van der Waals surface area contributed by atoms with E-state index in [2.05, 4.69) is 10.3 Å². The maximum absolute atomic E-state index is 13.0. The van der Waals surface area contributed by atoms with Gasteiger partial charge in [0, 0.05) is 18.7 Å². The Morgan fingerprint density at radius 2 is 2.03 bits per heavy atom. The number of fused-ring (bicyclic) bond motifs is 1. The monoisotopic (exact) mass is 437 g/mol. The Kier molecular flexibility index (Phi) is 5.99. The van der Waals surface area contributed by atoms with Crippen molar-refractivity contribution in [1.82, 2.24) is 10.3 Å². The van der Waals surface area contributed by atoms with Gasteiger partial charge in [-0.15, -0.1) is 11.3 Å². The quantitative estimate of drug-likeness (QED) is 0.597. The van der Waals surface area contributed by atoms with E-state index < -0.39 is 17.9 Å². The fourth-order valence-corrected chi connectivity index (χ4v) is 4.55. The van der Waals surface area contributed by atoms with Crippen molar-refractivity contribution in [2.45, 2.75) is 26.3 Å². The Morgan fingerprint density at radius 3 is 2.77 bits per heavy atom. The zero-order valence-electron chi connectivity index (χ0n) is 17.3. The average Bonchev–Trinajstić information content (AvgIpc) is 3.33. The minimum absolute atomic E-state index is 0.0876. The molecule has 0 radical (unpaired) electrons. The van der Waals surface area contributed by atoms with Crippen LogP contribution in [0.15, 0.2) is 48.5 Å². The summed E-state index contributed by atoms with van der Waals surface area (Å²) < 4.78 is 6.20. The van der Waals surface area contributed by atoms with Crippen LogP contribution in [0.25, 0.3) is 10.2 Å². The molecular formula is C23H23N3O4S. The lowest BCUT2D eigenvalue weighted by Crippen LogP contribution is -2.39. The van der Waals surface area contributed by atoms with E-state index in [0.717, 1.165) is 20.9 Å². The normalized spacial score (nSPS) is 17.0. The summed E-state index contributed by atoms with van der Waals surface area (Å²) in [5.41, 5.74) is 2.20. The smallest absolute Gasteiger partial charge is 0.333 e. The lowest BCUT2D eigenvalue weighted by molar-refractivity contribution is -0.148. The van der Waals surface area contributed by atoms with Crippen molar-refractivity contribution in [2.24, 2.45) is 5.92 Å². The molecule has 2 atom stereocenters. The molecule has 31 heavy (non-hydrogen) atoms. The molecule has 2 amide bonds. The first kappa shape index (κ1) is 21.0. The molecule has 1 fully saturated rings. The molecule has 1 aromatic heterocycles. The van der Waals surface area contributed by atoms with Gasteiger partial charge < -0.3 is 15.0 Å². The van der Waals surface area contributed by atoms with Gasteiger partial charge in [-0.3, -0.25) is 9.59 Å². The largest absolute Gasteiger partial charge is 0.464 e. The van der Waals surface area contributed by atoms with Crippen molar-refractivity contribution in [3.63, 3.8) is 0 Å². The third-order valence-corrected chi connectivity index (χ3v) is 6.18. The predicted octanol–water partition coefficient (Wildman–Crippen LogP) is 3.38. The summed E-state index contributed by atoms with van der Waals surface area (Å²) in [6.07, 6.45) is 0.0876. The van der Waals surface area contributed by atoms with Gasteiger partial charge in [-0.05, 0) is 37.6 Å². The van der Waals surface area contributed by atoms with E-state index in [0.29, 0.717) is 5.56 Å². The molecule has 0 spiro atoms. The lowest BCUT2D eigenvalue weighted by Gasteiger charge is -2.20. The van der Waals surface area contributed by atoms with E-state index in [1.807, 2.05) is 31.2 Å². The summed E-state index contributed by atoms with van der Waals surface area (Å²) >= 11 is 1.60. The number of rotatable bonds is 6. The van der Waals surface area contributed by atoms with E-state index in [1.54, 1.807) is 47.4 Å². The van der Waals surface area contributed by atoms with Crippen molar-refractivity contribution >= 4 is 45.0 Å². The maximum atomic E-state index is 13.0. The first-order valence-corrected chi connectivity index (χ1v) is 11.0. The molecule has 2 unspecified atom stereocenters. The minimum Gasteiger partial charge on any atom is -0.464 e. The highest BCUT2D eigenvalue weighted by molar-refractivity contribution is 7.18. The van der Waals surface area contributed by atoms with Crippen LogP contribution in [0, 0.1) is 12.8 Å². The third kappa shape index (κ3) is 4.44. The van der Waals surface area contributed by atoms with Gasteiger partial charge in [0.1, 0.15) is 0 Å². The summed E-state index contributed by atoms with van der Waals surface area (Å²) in [6, 6.07) is 13.7. The van der Waals surface area contributed by atoms with Crippen LogP contribution >= 0.6 is 11.3 Å². The number of esters is 1. The second-order valence-electron chi connectivity index (χ2n) is 7.39. The van der Waals surface area contributed by atoms with Crippen LogP contribution in [0.4, 0.5) is 5.69 Å². The van der Waals surface area contributed by atoms with Crippen molar-refractivity contribution < 1.29 is 19.1 Å². The summed E-state index contributed by atoms with van der Waals surface area (Å²) in [5.74, 6) is -1.55. The van der Waals surface area contributed by atoms with Gasteiger partial charge in [-0.1, -0.05) is 30.3 Å². The fourth-order valence-electron chi connectivity index (χ4n) is 3.74.